The second-order valence-electron chi connectivity index (χ2n) is 5.93. The highest BCUT2D eigenvalue weighted by Crippen LogP contribution is 2.32. The van der Waals surface area contributed by atoms with Crippen LogP contribution in [-0.4, -0.2) is 49.7 Å². The lowest BCUT2D eigenvalue weighted by atomic mass is 10.2. The molecule has 1 N–H and O–H groups in total. The lowest BCUT2D eigenvalue weighted by molar-refractivity contribution is 0.122. The highest BCUT2D eigenvalue weighted by atomic mass is 32.1. The standard InChI is InChI=1S/C19H19N3O3S/c1-24-15-3-5-17(23)13(10-15)12-20-14-2-4-16-18(11-14)26-19(21-16)22-6-8-25-9-7-22/h2-5,10-12,23H,6-9H2,1H3. The van der Waals surface area contributed by atoms with Crippen LogP contribution in [0.5, 0.6) is 11.5 Å². The van der Waals surface area contributed by atoms with E-state index in [1.165, 1.54) is 0 Å². The molecule has 0 radical (unpaired) electrons. The molecule has 0 amide bonds. The molecule has 1 fully saturated rings. The van der Waals surface area contributed by atoms with Crippen LogP contribution < -0.4 is 9.64 Å². The molecule has 1 aliphatic rings. The van der Waals surface area contributed by atoms with Gasteiger partial charge in [0.05, 0.1) is 36.2 Å². The number of morpholine rings is 1. The molecular formula is C19H19N3O3S. The van der Waals surface area contributed by atoms with Gasteiger partial charge in [-0.25, -0.2) is 4.98 Å². The van der Waals surface area contributed by atoms with Gasteiger partial charge in [-0.2, -0.15) is 0 Å². The van der Waals surface area contributed by atoms with Gasteiger partial charge >= 0.3 is 0 Å². The number of fused-ring (bicyclic) bond motifs is 1. The fraction of sp³-hybridized carbons (Fsp3) is 0.263. The van der Waals surface area contributed by atoms with E-state index in [1.54, 1.807) is 42.9 Å². The van der Waals surface area contributed by atoms with Gasteiger partial charge < -0.3 is 19.5 Å². The van der Waals surface area contributed by atoms with Gasteiger partial charge in [-0.1, -0.05) is 11.3 Å². The first-order valence-corrected chi connectivity index (χ1v) is 9.19. The van der Waals surface area contributed by atoms with Crippen LogP contribution in [-0.2, 0) is 4.74 Å². The van der Waals surface area contributed by atoms with Crippen LogP contribution in [0.2, 0.25) is 0 Å². The SMILES string of the molecule is COc1ccc(O)c(C=Nc2ccc3nc(N4CCOCC4)sc3c2)c1. The smallest absolute Gasteiger partial charge is 0.186 e. The van der Waals surface area contributed by atoms with Gasteiger partial charge in [-0.3, -0.25) is 4.99 Å². The molecule has 0 spiro atoms. The number of phenolic OH excluding ortho intramolecular Hbond substituents is 1. The molecule has 3 aromatic rings. The van der Waals surface area contributed by atoms with Crippen molar-refractivity contribution in [2.45, 2.75) is 0 Å². The molecule has 2 heterocycles. The van der Waals surface area contributed by atoms with Crippen molar-refractivity contribution in [3.63, 3.8) is 0 Å². The van der Waals surface area contributed by atoms with E-state index in [2.05, 4.69) is 9.89 Å². The first-order valence-electron chi connectivity index (χ1n) is 8.37. The molecule has 1 saturated heterocycles. The normalized spacial score (nSPS) is 15.0. The third-order valence-corrected chi connectivity index (χ3v) is 5.31. The molecule has 7 heteroatoms. The van der Waals surface area contributed by atoms with Crippen molar-refractivity contribution in [1.29, 1.82) is 0 Å². The summed E-state index contributed by atoms with van der Waals surface area (Å²) in [6.07, 6.45) is 1.64. The van der Waals surface area contributed by atoms with Crippen LogP contribution in [0.15, 0.2) is 41.4 Å². The van der Waals surface area contributed by atoms with Gasteiger partial charge in [-0.05, 0) is 36.4 Å². The van der Waals surface area contributed by atoms with Crippen molar-refractivity contribution in [1.82, 2.24) is 4.98 Å². The van der Waals surface area contributed by atoms with Gasteiger partial charge in [0, 0.05) is 24.9 Å². The Morgan fingerprint density at radius 3 is 2.88 bits per heavy atom. The molecule has 0 atom stereocenters. The molecule has 134 valence electrons. The summed E-state index contributed by atoms with van der Waals surface area (Å²) in [7, 11) is 1.59. The number of aromatic nitrogens is 1. The Bertz CT molecular complexity index is 948. The Labute approximate surface area is 155 Å². The molecule has 2 aromatic carbocycles. The molecule has 0 bridgehead atoms. The maximum Gasteiger partial charge on any atom is 0.186 e. The number of thiazole rings is 1. The van der Waals surface area contributed by atoms with E-state index in [4.69, 9.17) is 14.5 Å². The van der Waals surface area contributed by atoms with Crippen LogP contribution in [0, 0.1) is 0 Å². The number of benzene rings is 2. The molecule has 0 saturated carbocycles. The number of aromatic hydroxyl groups is 1. The molecular weight excluding hydrogens is 350 g/mol. The maximum absolute atomic E-state index is 9.96. The van der Waals surface area contributed by atoms with Crippen molar-refractivity contribution < 1.29 is 14.6 Å². The van der Waals surface area contributed by atoms with E-state index < -0.39 is 0 Å². The lowest BCUT2D eigenvalue weighted by Crippen LogP contribution is -2.36. The van der Waals surface area contributed by atoms with Crippen molar-refractivity contribution in [3.05, 3.63) is 42.0 Å². The molecule has 1 aromatic heterocycles. The average Bonchev–Trinajstić information content (AvgIpc) is 3.11. The minimum atomic E-state index is 0.169. The zero-order valence-corrected chi connectivity index (χ0v) is 15.2. The molecule has 26 heavy (non-hydrogen) atoms. The summed E-state index contributed by atoms with van der Waals surface area (Å²) in [4.78, 5) is 11.5. The maximum atomic E-state index is 9.96. The molecule has 0 aliphatic carbocycles. The molecule has 1 aliphatic heterocycles. The molecule has 6 nitrogen and oxygen atoms in total. The second kappa shape index (κ2) is 7.31. The number of hydrogen-bond acceptors (Lipinski definition) is 7. The highest BCUT2D eigenvalue weighted by Gasteiger charge is 2.15. The van der Waals surface area contributed by atoms with Gasteiger partial charge in [-0.15, -0.1) is 0 Å². The fourth-order valence-corrected chi connectivity index (χ4v) is 3.83. The lowest BCUT2D eigenvalue weighted by Gasteiger charge is -2.25. The first-order chi connectivity index (χ1) is 12.7. The van der Waals surface area contributed by atoms with Crippen LogP contribution in [0.3, 0.4) is 0 Å². The van der Waals surface area contributed by atoms with Gasteiger partial charge in [0.1, 0.15) is 11.5 Å². The summed E-state index contributed by atoms with van der Waals surface area (Å²) in [5, 5.41) is 11.0. The van der Waals surface area contributed by atoms with E-state index in [-0.39, 0.29) is 5.75 Å². The van der Waals surface area contributed by atoms with Crippen molar-refractivity contribution in [3.8, 4) is 11.5 Å². The minimum absolute atomic E-state index is 0.169. The molecule has 0 unspecified atom stereocenters. The highest BCUT2D eigenvalue weighted by molar-refractivity contribution is 7.22. The summed E-state index contributed by atoms with van der Waals surface area (Å²) in [6.45, 7) is 3.24. The van der Waals surface area contributed by atoms with E-state index in [1.807, 2.05) is 18.2 Å². The third kappa shape index (κ3) is 3.49. The zero-order valence-electron chi connectivity index (χ0n) is 14.4. The largest absolute Gasteiger partial charge is 0.507 e. The van der Waals surface area contributed by atoms with Crippen LogP contribution in [0.1, 0.15) is 5.56 Å². The van der Waals surface area contributed by atoms with E-state index in [0.717, 1.165) is 47.3 Å². The Morgan fingerprint density at radius 1 is 1.23 bits per heavy atom. The number of hydrogen-bond donors (Lipinski definition) is 1. The van der Waals surface area contributed by atoms with Gasteiger partial charge in [0.2, 0.25) is 0 Å². The number of ether oxygens (including phenoxy) is 2. The topological polar surface area (TPSA) is 67.2 Å². The van der Waals surface area contributed by atoms with Crippen molar-refractivity contribution in [2.75, 3.05) is 38.3 Å². The summed E-state index contributed by atoms with van der Waals surface area (Å²) in [6, 6.07) is 11.0. The van der Waals surface area contributed by atoms with Crippen LogP contribution in [0.4, 0.5) is 10.8 Å². The Kier molecular flexibility index (Phi) is 4.73. The quantitative estimate of drug-likeness (QED) is 0.712. The van der Waals surface area contributed by atoms with Crippen LogP contribution >= 0.6 is 11.3 Å². The first kappa shape index (κ1) is 16.8. The van der Waals surface area contributed by atoms with Gasteiger partial charge in [0.15, 0.2) is 5.13 Å². The fourth-order valence-electron chi connectivity index (χ4n) is 2.78. The number of rotatable bonds is 4. The van der Waals surface area contributed by atoms with Gasteiger partial charge in [0.25, 0.3) is 0 Å². The van der Waals surface area contributed by atoms with Crippen LogP contribution in [0.25, 0.3) is 10.2 Å². The monoisotopic (exact) mass is 369 g/mol. The average molecular weight is 369 g/mol. The zero-order chi connectivity index (χ0) is 17.9. The number of aliphatic imine (C=N–C) groups is 1. The Morgan fingerprint density at radius 2 is 2.08 bits per heavy atom. The number of phenols is 1. The molecule has 4 rings (SSSR count). The van der Waals surface area contributed by atoms with E-state index >= 15 is 0 Å². The Hall–Kier alpha value is -2.64. The second-order valence-corrected chi connectivity index (χ2v) is 6.94. The third-order valence-electron chi connectivity index (χ3n) is 4.23. The van der Waals surface area contributed by atoms with Crippen molar-refractivity contribution in [2.24, 2.45) is 4.99 Å². The predicted octanol–water partition coefficient (Wildman–Crippen LogP) is 3.60. The number of nitrogens with zero attached hydrogens (tertiary/aromatic N) is 3. The summed E-state index contributed by atoms with van der Waals surface area (Å²) in [5.41, 5.74) is 2.40. The summed E-state index contributed by atoms with van der Waals surface area (Å²) >= 11 is 1.66. The van der Waals surface area contributed by atoms with Crippen molar-refractivity contribution >= 4 is 38.6 Å². The minimum Gasteiger partial charge on any atom is -0.507 e. The number of anilines is 1. The summed E-state index contributed by atoms with van der Waals surface area (Å²) in [5.74, 6) is 0.848. The number of methoxy groups -OCH3 is 1. The predicted molar refractivity (Wildman–Crippen MR) is 105 cm³/mol. The summed E-state index contributed by atoms with van der Waals surface area (Å²) < 4.78 is 11.7. The van der Waals surface area contributed by atoms with E-state index in [9.17, 15) is 5.11 Å². The van der Waals surface area contributed by atoms with E-state index in [0.29, 0.717) is 11.3 Å². The Balaban J connectivity index is 1.59.